The van der Waals surface area contributed by atoms with Crippen molar-refractivity contribution in [2.45, 2.75) is 31.3 Å². The summed E-state index contributed by atoms with van der Waals surface area (Å²) in [5.41, 5.74) is 0. The van der Waals surface area contributed by atoms with E-state index in [9.17, 15) is 9.00 Å². The molecule has 0 amide bonds. The molecule has 3 unspecified atom stereocenters. The fourth-order valence-corrected chi connectivity index (χ4v) is 2.20. The van der Waals surface area contributed by atoms with E-state index in [1.165, 1.54) is 6.92 Å². The van der Waals surface area contributed by atoms with Gasteiger partial charge in [0.05, 0.1) is 16.9 Å². The Morgan fingerprint density at radius 2 is 1.92 bits per heavy atom. The van der Waals surface area contributed by atoms with E-state index < -0.39 is 27.3 Å². The molecule has 0 radical (unpaired) electrons. The lowest BCUT2D eigenvalue weighted by atomic mass is 10.1. The summed E-state index contributed by atoms with van der Waals surface area (Å²) >= 11 is 0. The molecule has 3 atom stereocenters. The van der Waals surface area contributed by atoms with E-state index in [0.29, 0.717) is 0 Å². The summed E-state index contributed by atoms with van der Waals surface area (Å²) in [6.45, 7) is 4.83. The van der Waals surface area contributed by atoms with Gasteiger partial charge in [0.25, 0.3) is 0 Å². The lowest BCUT2D eigenvalue weighted by molar-refractivity contribution is -0.137. The second-order valence-electron chi connectivity index (χ2n) is 3.10. The van der Waals surface area contributed by atoms with Crippen LogP contribution in [0.15, 0.2) is 0 Å². The Hall–Kier alpha value is -0.890. The monoisotopic (exact) mass is 203 g/mol. The van der Waals surface area contributed by atoms with Crippen LogP contribution < -0.4 is 0 Å². The van der Waals surface area contributed by atoms with E-state index >= 15 is 0 Å². The largest absolute Gasteiger partial charge is 0.480 e. The molecule has 0 fully saturated rings. The van der Waals surface area contributed by atoms with Crippen LogP contribution >= 0.6 is 0 Å². The molecule has 1 N–H and O–H groups in total. The van der Waals surface area contributed by atoms with Crippen molar-refractivity contribution in [3.8, 4) is 6.07 Å². The summed E-state index contributed by atoms with van der Waals surface area (Å²) < 4.78 is 11.5. The van der Waals surface area contributed by atoms with Crippen molar-refractivity contribution in [2.75, 3.05) is 0 Å². The molecular weight excluding hydrogens is 190 g/mol. The maximum absolute atomic E-state index is 11.5. The van der Waals surface area contributed by atoms with Gasteiger partial charge in [-0.25, -0.2) is 0 Å². The van der Waals surface area contributed by atoms with Crippen LogP contribution in [0.25, 0.3) is 0 Å². The number of nitriles is 1. The predicted molar refractivity (Wildman–Crippen MR) is 49.5 cm³/mol. The highest BCUT2D eigenvalue weighted by atomic mass is 32.2. The number of carboxylic acid groups (broad SMARTS) is 1. The third kappa shape index (κ3) is 3.15. The van der Waals surface area contributed by atoms with Gasteiger partial charge in [0.2, 0.25) is 0 Å². The molecule has 74 valence electrons. The second-order valence-corrected chi connectivity index (χ2v) is 4.97. The average Bonchev–Trinajstić information content (AvgIpc) is 2.01. The highest BCUT2D eigenvalue weighted by Crippen LogP contribution is 2.13. The highest BCUT2D eigenvalue weighted by molar-refractivity contribution is 7.87. The molecular formula is C8H13NO3S. The molecule has 4 nitrogen and oxygen atoms in total. The normalized spacial score (nSPS) is 17.5. The molecule has 0 aliphatic rings. The van der Waals surface area contributed by atoms with Gasteiger partial charge in [0.15, 0.2) is 0 Å². The van der Waals surface area contributed by atoms with Gasteiger partial charge in [-0.15, -0.1) is 0 Å². The fraction of sp³-hybridized carbons (Fsp3) is 0.750. The summed E-state index contributed by atoms with van der Waals surface area (Å²) in [4.78, 5) is 10.7. The number of rotatable bonds is 4. The molecule has 0 rings (SSSR count). The first-order chi connectivity index (χ1) is 5.91. The van der Waals surface area contributed by atoms with E-state index in [0.717, 1.165) is 0 Å². The number of nitrogens with zero attached hydrogens (tertiary/aromatic N) is 1. The van der Waals surface area contributed by atoms with Gasteiger partial charge in [-0.1, -0.05) is 13.8 Å². The Bertz CT molecular complexity index is 257. The molecule has 0 spiro atoms. The van der Waals surface area contributed by atoms with Crippen LogP contribution in [-0.2, 0) is 15.6 Å². The van der Waals surface area contributed by atoms with E-state index in [1.807, 2.05) is 0 Å². The zero-order valence-corrected chi connectivity index (χ0v) is 8.67. The van der Waals surface area contributed by atoms with Crippen LogP contribution in [0.2, 0.25) is 0 Å². The van der Waals surface area contributed by atoms with Crippen LogP contribution in [-0.4, -0.2) is 25.8 Å². The van der Waals surface area contributed by atoms with Crippen LogP contribution in [0.5, 0.6) is 0 Å². The molecule has 0 aromatic carbocycles. The lowest BCUT2D eigenvalue weighted by Gasteiger charge is -2.16. The van der Waals surface area contributed by atoms with Crippen molar-refractivity contribution in [1.29, 1.82) is 5.26 Å². The Morgan fingerprint density at radius 3 is 2.15 bits per heavy atom. The van der Waals surface area contributed by atoms with Crippen LogP contribution in [0.4, 0.5) is 0 Å². The van der Waals surface area contributed by atoms with Crippen molar-refractivity contribution >= 4 is 16.8 Å². The van der Waals surface area contributed by atoms with E-state index in [4.69, 9.17) is 10.4 Å². The molecule has 0 heterocycles. The second kappa shape index (κ2) is 4.97. The Labute approximate surface area is 80.0 Å². The van der Waals surface area contributed by atoms with Crippen LogP contribution in [0.1, 0.15) is 20.8 Å². The van der Waals surface area contributed by atoms with Crippen molar-refractivity contribution in [3.05, 3.63) is 0 Å². The quantitative estimate of drug-likeness (QED) is 0.731. The summed E-state index contributed by atoms with van der Waals surface area (Å²) in [6, 6.07) is 1.79. The van der Waals surface area contributed by atoms with Crippen molar-refractivity contribution < 1.29 is 14.1 Å². The molecule has 0 saturated carbocycles. The molecule has 13 heavy (non-hydrogen) atoms. The summed E-state index contributed by atoms with van der Waals surface area (Å²) in [7, 11) is -1.62. The first-order valence-electron chi connectivity index (χ1n) is 3.93. The maximum atomic E-state index is 11.5. The number of aliphatic carboxylic acids is 1. The smallest absolute Gasteiger partial charge is 0.319 e. The van der Waals surface area contributed by atoms with Crippen LogP contribution in [0.3, 0.4) is 0 Å². The minimum Gasteiger partial charge on any atom is -0.480 e. The molecule has 0 saturated heterocycles. The zero-order chi connectivity index (χ0) is 10.6. The van der Waals surface area contributed by atoms with Gasteiger partial charge in [-0.05, 0) is 12.8 Å². The molecule has 5 heteroatoms. The van der Waals surface area contributed by atoms with Gasteiger partial charge >= 0.3 is 5.97 Å². The summed E-state index contributed by atoms with van der Waals surface area (Å²) in [5.74, 6) is -1.33. The van der Waals surface area contributed by atoms with Crippen LogP contribution in [0, 0.1) is 17.2 Å². The van der Waals surface area contributed by atoms with E-state index in [2.05, 4.69) is 0 Å². The van der Waals surface area contributed by atoms with E-state index in [1.54, 1.807) is 19.9 Å². The summed E-state index contributed by atoms with van der Waals surface area (Å²) in [5, 5.41) is 15.6. The fourth-order valence-electron chi connectivity index (χ4n) is 0.925. The first kappa shape index (κ1) is 12.1. The predicted octanol–water partition coefficient (Wildman–Crippen LogP) is 0.756. The van der Waals surface area contributed by atoms with Gasteiger partial charge in [0, 0.05) is 0 Å². The first-order valence-corrected chi connectivity index (χ1v) is 5.21. The zero-order valence-electron chi connectivity index (χ0n) is 7.85. The molecule has 0 aromatic rings. The summed E-state index contributed by atoms with van der Waals surface area (Å²) in [6.07, 6.45) is 0. The minimum atomic E-state index is -1.62. The third-order valence-electron chi connectivity index (χ3n) is 1.63. The van der Waals surface area contributed by atoms with E-state index in [-0.39, 0.29) is 5.92 Å². The van der Waals surface area contributed by atoms with Crippen molar-refractivity contribution in [2.24, 2.45) is 5.92 Å². The maximum Gasteiger partial charge on any atom is 0.319 e. The average molecular weight is 203 g/mol. The lowest BCUT2D eigenvalue weighted by Crippen LogP contribution is -2.35. The topological polar surface area (TPSA) is 78.2 Å². The SMILES string of the molecule is CC(C)C(C(=O)O)S(=O)C(C)C#N. The Kier molecular flexibility index (Phi) is 4.63. The third-order valence-corrected chi connectivity index (χ3v) is 3.68. The standard InChI is InChI=1S/C8H13NO3S/c1-5(2)7(8(10)11)13(12)6(3)4-9/h5-7H,1-3H3,(H,10,11). The highest BCUT2D eigenvalue weighted by Gasteiger charge is 2.31. The molecule has 0 bridgehead atoms. The van der Waals surface area contributed by atoms with Gasteiger partial charge in [-0.2, -0.15) is 5.26 Å². The molecule has 0 aliphatic heterocycles. The van der Waals surface area contributed by atoms with Gasteiger partial charge in [0.1, 0.15) is 10.5 Å². The molecule has 0 aromatic heterocycles. The van der Waals surface area contributed by atoms with Gasteiger partial charge in [-0.3, -0.25) is 9.00 Å². The minimum absolute atomic E-state index is 0.228. The van der Waals surface area contributed by atoms with Gasteiger partial charge < -0.3 is 5.11 Å². The number of carboxylic acids is 1. The number of hydrogen-bond acceptors (Lipinski definition) is 3. The molecule has 0 aliphatic carbocycles. The Balaban J connectivity index is 4.69. The Morgan fingerprint density at radius 1 is 1.46 bits per heavy atom. The number of carbonyl (C=O) groups is 1. The van der Waals surface area contributed by atoms with Crippen molar-refractivity contribution in [1.82, 2.24) is 0 Å². The van der Waals surface area contributed by atoms with Crippen molar-refractivity contribution in [3.63, 3.8) is 0 Å². The number of hydrogen-bond donors (Lipinski definition) is 1.